The van der Waals surface area contributed by atoms with Gasteiger partial charge >= 0.3 is 0 Å². The highest BCUT2D eigenvalue weighted by molar-refractivity contribution is 6.25. The predicted molar refractivity (Wildman–Crippen MR) is 394 cm³/mol. The Hall–Kier alpha value is -12.6. The number of hydrogen-bond acceptors (Lipinski definition) is 2. The summed E-state index contributed by atoms with van der Waals surface area (Å²) in [7, 11) is 0. The summed E-state index contributed by atoms with van der Waals surface area (Å²) in [6.45, 7) is 0. The minimum absolute atomic E-state index is 0.676. The maximum atomic E-state index is 5.68. The van der Waals surface area contributed by atoms with E-state index in [9.17, 15) is 0 Å². The van der Waals surface area contributed by atoms with Crippen molar-refractivity contribution in [2.45, 2.75) is 0 Å². The largest absolute Gasteiger partial charge is 0.309 e. The first-order chi connectivity index (χ1) is 46.7. The van der Waals surface area contributed by atoms with Crippen LogP contribution in [0.3, 0.4) is 0 Å². The fourth-order valence-corrected chi connectivity index (χ4v) is 15.9. The zero-order valence-electron chi connectivity index (χ0n) is 50.9. The summed E-state index contributed by atoms with van der Waals surface area (Å²) in [5.41, 5.74) is 22.4. The average Bonchev–Trinajstić information content (AvgIpc) is 1.40. The summed E-state index contributed by atoms with van der Waals surface area (Å²) in [4.78, 5) is 11.3. The van der Waals surface area contributed by atoms with Crippen molar-refractivity contribution in [3.63, 3.8) is 0 Å². The van der Waals surface area contributed by atoms with Gasteiger partial charge in [0.1, 0.15) is 0 Å². The second kappa shape index (κ2) is 20.4. The molecule has 0 amide bonds. The van der Waals surface area contributed by atoms with Gasteiger partial charge in [0.15, 0.2) is 5.82 Å². The van der Waals surface area contributed by atoms with Crippen molar-refractivity contribution >= 4 is 120 Å². The van der Waals surface area contributed by atoms with Crippen LogP contribution in [0.2, 0.25) is 0 Å². The molecule has 0 atom stereocenters. The van der Waals surface area contributed by atoms with E-state index in [0.717, 1.165) is 94.1 Å². The second-order valence-electron chi connectivity index (χ2n) is 24.7. The molecule has 20 rings (SSSR count). The van der Waals surface area contributed by atoms with Crippen molar-refractivity contribution in [3.8, 4) is 67.6 Å². The topological polar surface area (TPSA) is 45.5 Å². The van der Waals surface area contributed by atoms with Gasteiger partial charge in [0.05, 0.1) is 61.0 Å². The SMILES string of the molecule is c1ccc(-n2c3ccccc3c3c(-c4cccc5c4c4ccccc4n5-c4ccc(-c5nc(-c6ccc(-n7c8ccccc8c8c(-c9cccc%10c9c9ccccc9n%10-c9ccccc9)cccc87)c7ccccc67)nc6c5ccc5ccccc56)cc4)cccc32)cc1. The van der Waals surface area contributed by atoms with E-state index < -0.39 is 0 Å². The Kier molecular flexibility index (Phi) is 11.3. The van der Waals surface area contributed by atoms with Crippen molar-refractivity contribution in [2.75, 3.05) is 0 Å². The molecule has 6 heteroatoms. The molecule has 0 aliphatic rings. The molecule has 0 fully saturated rings. The number of rotatable bonds is 8. The minimum Gasteiger partial charge on any atom is -0.309 e. The maximum Gasteiger partial charge on any atom is 0.161 e. The minimum atomic E-state index is 0.676. The highest BCUT2D eigenvalue weighted by Gasteiger charge is 2.25. The van der Waals surface area contributed by atoms with Gasteiger partial charge in [0.25, 0.3) is 0 Å². The van der Waals surface area contributed by atoms with E-state index in [2.05, 4.69) is 346 Å². The number of para-hydroxylation sites is 6. The molecule has 5 aromatic heterocycles. The number of nitrogens with zero attached hydrogens (tertiary/aromatic N) is 6. The quantitative estimate of drug-likeness (QED) is 0.142. The molecule has 0 unspecified atom stereocenters. The third-order valence-corrected chi connectivity index (χ3v) is 19.8. The fourth-order valence-electron chi connectivity index (χ4n) is 15.9. The summed E-state index contributed by atoms with van der Waals surface area (Å²) >= 11 is 0. The predicted octanol–water partition coefficient (Wildman–Crippen LogP) is 23.0. The van der Waals surface area contributed by atoms with Crippen molar-refractivity contribution in [1.29, 1.82) is 0 Å². The molecule has 0 bridgehead atoms. The molecule has 0 aliphatic heterocycles. The van der Waals surface area contributed by atoms with Gasteiger partial charge in [0, 0.05) is 87.4 Å². The maximum absolute atomic E-state index is 5.68. The molecule has 15 aromatic carbocycles. The molecule has 436 valence electrons. The summed E-state index contributed by atoms with van der Waals surface area (Å²) in [5.74, 6) is 0.676. The van der Waals surface area contributed by atoms with Crippen LogP contribution in [-0.4, -0.2) is 28.2 Å². The highest BCUT2D eigenvalue weighted by Crippen LogP contribution is 2.48. The van der Waals surface area contributed by atoms with Gasteiger partial charge in [0.2, 0.25) is 0 Å². The molecule has 0 saturated carbocycles. The molecule has 0 radical (unpaired) electrons. The van der Waals surface area contributed by atoms with E-state index in [1.54, 1.807) is 0 Å². The van der Waals surface area contributed by atoms with E-state index in [-0.39, 0.29) is 0 Å². The monoisotopic (exact) mass is 1190 g/mol. The van der Waals surface area contributed by atoms with E-state index in [0.29, 0.717) is 5.82 Å². The van der Waals surface area contributed by atoms with E-state index in [1.165, 1.54) is 87.4 Å². The smallest absolute Gasteiger partial charge is 0.161 e. The summed E-state index contributed by atoms with van der Waals surface area (Å²) in [6, 6.07) is 119. The Bertz CT molecular complexity index is 6520. The van der Waals surface area contributed by atoms with Crippen LogP contribution in [0, 0.1) is 0 Å². The standard InChI is InChI=1S/C88H54N6/c1-3-24-57(25-4-1)91-73-39-15-11-31-68(73)82-63(35-19-43-78(82)91)64-36-21-45-80-84(64)70-33-13-17-41-75(70)93(80)59-50-47-56(48-51-59)86-72-52-49-55-23-7-8-28-60(55)87(72)90-88(89-86)67-53-54-77(62-30-10-9-29-61(62)67)94-76-42-18-14-34-71(76)85-66(38-22-46-81(85)94)65-37-20-44-79-83(65)69-32-12-16-40-74(69)92(79)58-26-5-2-6-27-58/h1-54H. The van der Waals surface area contributed by atoms with Crippen LogP contribution in [0.1, 0.15) is 0 Å². The van der Waals surface area contributed by atoms with Crippen molar-refractivity contribution < 1.29 is 0 Å². The molecule has 0 aliphatic carbocycles. The fraction of sp³-hybridized carbons (Fsp3) is 0. The number of fused-ring (bicyclic) bond motifs is 16. The first-order valence-corrected chi connectivity index (χ1v) is 32.2. The molecule has 6 nitrogen and oxygen atoms in total. The zero-order chi connectivity index (χ0) is 61.5. The van der Waals surface area contributed by atoms with Gasteiger partial charge < -0.3 is 18.3 Å². The number of aromatic nitrogens is 6. The lowest BCUT2D eigenvalue weighted by molar-refractivity contribution is 1.18. The lowest BCUT2D eigenvalue weighted by Gasteiger charge is -2.16. The Morgan fingerprint density at radius 3 is 1.05 bits per heavy atom. The number of hydrogen-bond donors (Lipinski definition) is 0. The van der Waals surface area contributed by atoms with Crippen molar-refractivity contribution in [1.82, 2.24) is 28.2 Å². The third-order valence-electron chi connectivity index (χ3n) is 19.8. The summed E-state index contributed by atoms with van der Waals surface area (Å²) in [5, 5.41) is 15.2. The van der Waals surface area contributed by atoms with Crippen LogP contribution in [0.4, 0.5) is 0 Å². The molecular formula is C88H54N6. The molecule has 20 aromatic rings. The zero-order valence-corrected chi connectivity index (χ0v) is 50.9. The first-order valence-electron chi connectivity index (χ1n) is 32.2. The van der Waals surface area contributed by atoms with Gasteiger partial charge in [-0.05, 0) is 136 Å². The summed E-state index contributed by atoms with van der Waals surface area (Å²) in [6.07, 6.45) is 0. The molecular weight excluding hydrogens is 1140 g/mol. The Morgan fingerprint density at radius 1 is 0.202 bits per heavy atom. The molecule has 0 spiro atoms. The molecule has 5 heterocycles. The van der Waals surface area contributed by atoms with E-state index in [1.807, 2.05) is 0 Å². The van der Waals surface area contributed by atoms with Crippen molar-refractivity contribution in [3.05, 3.63) is 328 Å². The Balaban J connectivity index is 0.739. The second-order valence-corrected chi connectivity index (χ2v) is 24.7. The highest BCUT2D eigenvalue weighted by atomic mass is 15.0. The molecule has 94 heavy (non-hydrogen) atoms. The average molecular weight is 1200 g/mol. The van der Waals surface area contributed by atoms with Crippen LogP contribution < -0.4 is 0 Å². The van der Waals surface area contributed by atoms with Crippen LogP contribution in [0.15, 0.2) is 328 Å². The lowest BCUT2D eigenvalue weighted by atomic mass is 9.95. The van der Waals surface area contributed by atoms with E-state index in [4.69, 9.17) is 9.97 Å². The first kappa shape index (κ1) is 52.2. The van der Waals surface area contributed by atoms with Gasteiger partial charge in [-0.15, -0.1) is 0 Å². The number of benzene rings is 15. The van der Waals surface area contributed by atoms with E-state index >= 15 is 0 Å². The van der Waals surface area contributed by atoms with Crippen molar-refractivity contribution in [2.24, 2.45) is 0 Å². The van der Waals surface area contributed by atoms with Gasteiger partial charge in [-0.25, -0.2) is 9.97 Å². The van der Waals surface area contributed by atoms with Crippen LogP contribution >= 0.6 is 0 Å². The molecule has 0 N–H and O–H groups in total. The summed E-state index contributed by atoms with van der Waals surface area (Å²) < 4.78 is 9.71. The van der Waals surface area contributed by atoms with Gasteiger partial charge in [-0.3, -0.25) is 0 Å². The Morgan fingerprint density at radius 2 is 0.574 bits per heavy atom. The van der Waals surface area contributed by atoms with Gasteiger partial charge in [-0.2, -0.15) is 0 Å². The lowest BCUT2D eigenvalue weighted by Crippen LogP contribution is -2.00. The third kappa shape index (κ3) is 7.59. The Labute approximate surface area is 540 Å². The normalized spacial score (nSPS) is 12.0. The van der Waals surface area contributed by atoms with Crippen LogP contribution in [0.5, 0.6) is 0 Å². The molecule has 0 saturated heterocycles. The van der Waals surface area contributed by atoms with Gasteiger partial charge in [-0.1, -0.05) is 224 Å². The van der Waals surface area contributed by atoms with Crippen LogP contribution in [-0.2, 0) is 0 Å². The van der Waals surface area contributed by atoms with Crippen LogP contribution in [0.25, 0.3) is 187 Å².